The third-order valence-corrected chi connectivity index (χ3v) is 3.88. The molecule has 0 saturated carbocycles. The minimum atomic E-state index is -0.418. The first kappa shape index (κ1) is 14.8. The summed E-state index contributed by atoms with van der Waals surface area (Å²) in [5.41, 5.74) is 13.9. The summed E-state index contributed by atoms with van der Waals surface area (Å²) in [6.45, 7) is 0. The van der Waals surface area contributed by atoms with Crippen molar-refractivity contribution in [2.45, 2.75) is 6.42 Å². The zero-order chi connectivity index (χ0) is 16.7. The Morgan fingerprint density at radius 2 is 1.70 bits per heavy atom. The molecule has 1 heterocycles. The number of Topliss-reactive ketones (excluding diaryl/α,β-unsaturated/α-hetero) is 1. The first-order chi connectivity index (χ1) is 10.9. The normalized spacial score (nSPS) is 13.3. The van der Waals surface area contributed by atoms with Crippen LogP contribution in [0.3, 0.4) is 0 Å². The molecule has 4 N–H and O–H groups in total. The van der Waals surface area contributed by atoms with Crippen LogP contribution in [0.4, 0.5) is 11.4 Å². The number of fused-ring (bicyclic) bond motifs is 1. The van der Waals surface area contributed by atoms with E-state index in [-0.39, 0.29) is 29.0 Å². The summed E-state index contributed by atoms with van der Waals surface area (Å²) in [7, 11) is 1.41. The van der Waals surface area contributed by atoms with Crippen molar-refractivity contribution in [1.29, 1.82) is 0 Å². The SMILES string of the molecule is CN1C(=O)c2cc(CC(=O)c3ccc(N)cc3)cc(N)c2C1=O. The molecule has 0 spiro atoms. The number of carbonyl (C=O) groups is 3. The molecule has 3 rings (SSSR count). The number of nitrogens with two attached hydrogens (primary N) is 2. The number of carbonyl (C=O) groups excluding carboxylic acids is 3. The van der Waals surface area contributed by atoms with Gasteiger partial charge in [0.1, 0.15) is 0 Å². The Morgan fingerprint density at radius 1 is 1.04 bits per heavy atom. The van der Waals surface area contributed by atoms with Crippen molar-refractivity contribution in [3.8, 4) is 0 Å². The minimum Gasteiger partial charge on any atom is -0.399 e. The third-order valence-electron chi connectivity index (χ3n) is 3.88. The minimum absolute atomic E-state index is 0.0899. The van der Waals surface area contributed by atoms with Crippen molar-refractivity contribution in [1.82, 2.24) is 4.90 Å². The molecule has 2 aromatic rings. The second kappa shape index (κ2) is 5.24. The number of anilines is 2. The zero-order valence-corrected chi connectivity index (χ0v) is 12.5. The van der Waals surface area contributed by atoms with Gasteiger partial charge in [-0.05, 0) is 42.0 Å². The highest BCUT2D eigenvalue weighted by molar-refractivity contribution is 6.23. The van der Waals surface area contributed by atoms with E-state index >= 15 is 0 Å². The summed E-state index contributed by atoms with van der Waals surface area (Å²) in [5.74, 6) is -0.938. The fourth-order valence-corrected chi connectivity index (χ4v) is 2.63. The van der Waals surface area contributed by atoms with Crippen LogP contribution in [0.1, 0.15) is 36.6 Å². The molecule has 0 atom stereocenters. The fourth-order valence-electron chi connectivity index (χ4n) is 2.63. The first-order valence-corrected chi connectivity index (χ1v) is 7.02. The van der Waals surface area contributed by atoms with Crippen LogP contribution in [-0.4, -0.2) is 29.5 Å². The Balaban J connectivity index is 1.92. The van der Waals surface area contributed by atoms with Gasteiger partial charge in [0.2, 0.25) is 0 Å². The zero-order valence-electron chi connectivity index (χ0n) is 12.5. The molecule has 0 fully saturated rings. The number of hydrogen-bond donors (Lipinski definition) is 2. The molecule has 0 aromatic heterocycles. The molecule has 0 radical (unpaired) electrons. The molecule has 0 saturated heterocycles. The summed E-state index contributed by atoms with van der Waals surface area (Å²) >= 11 is 0. The average molecular weight is 309 g/mol. The van der Waals surface area contributed by atoms with Gasteiger partial charge >= 0.3 is 0 Å². The van der Waals surface area contributed by atoms with E-state index in [1.807, 2.05) is 0 Å². The number of hydrogen-bond acceptors (Lipinski definition) is 5. The van der Waals surface area contributed by atoms with Crippen LogP contribution in [-0.2, 0) is 6.42 Å². The van der Waals surface area contributed by atoms with E-state index in [1.54, 1.807) is 36.4 Å². The number of nitrogen functional groups attached to an aromatic ring is 2. The lowest BCUT2D eigenvalue weighted by Gasteiger charge is -2.06. The van der Waals surface area contributed by atoms with Gasteiger partial charge in [-0.3, -0.25) is 19.3 Å². The molecule has 116 valence electrons. The summed E-state index contributed by atoms with van der Waals surface area (Å²) in [6, 6.07) is 9.74. The van der Waals surface area contributed by atoms with Crippen molar-refractivity contribution in [2.75, 3.05) is 18.5 Å². The Bertz CT molecular complexity index is 841. The van der Waals surface area contributed by atoms with E-state index in [0.29, 0.717) is 16.8 Å². The van der Waals surface area contributed by atoms with E-state index in [2.05, 4.69) is 0 Å². The monoisotopic (exact) mass is 309 g/mol. The van der Waals surface area contributed by atoms with E-state index in [4.69, 9.17) is 11.5 Å². The van der Waals surface area contributed by atoms with Crippen LogP contribution in [0.5, 0.6) is 0 Å². The van der Waals surface area contributed by atoms with Crippen LogP contribution >= 0.6 is 0 Å². The number of imide groups is 1. The lowest BCUT2D eigenvalue weighted by atomic mass is 9.98. The lowest BCUT2D eigenvalue weighted by Crippen LogP contribution is -2.24. The van der Waals surface area contributed by atoms with E-state index < -0.39 is 11.8 Å². The van der Waals surface area contributed by atoms with Gasteiger partial charge in [-0.15, -0.1) is 0 Å². The highest BCUT2D eigenvalue weighted by Gasteiger charge is 2.35. The first-order valence-electron chi connectivity index (χ1n) is 7.02. The molecule has 1 aliphatic heterocycles. The Hall–Kier alpha value is -3.15. The van der Waals surface area contributed by atoms with Crippen LogP contribution < -0.4 is 11.5 Å². The second-order valence-corrected chi connectivity index (χ2v) is 5.50. The molecule has 2 amide bonds. The molecule has 6 nitrogen and oxygen atoms in total. The molecule has 2 aromatic carbocycles. The Labute approximate surface area is 132 Å². The number of amides is 2. The lowest BCUT2D eigenvalue weighted by molar-refractivity contribution is 0.0693. The summed E-state index contributed by atoms with van der Waals surface area (Å²) in [4.78, 5) is 37.3. The molecular weight excluding hydrogens is 294 g/mol. The van der Waals surface area contributed by atoms with E-state index in [9.17, 15) is 14.4 Å². The van der Waals surface area contributed by atoms with Crippen molar-refractivity contribution in [3.05, 3.63) is 58.7 Å². The molecule has 0 aliphatic carbocycles. The van der Waals surface area contributed by atoms with Crippen molar-refractivity contribution in [2.24, 2.45) is 0 Å². The number of nitrogens with zero attached hydrogens (tertiary/aromatic N) is 1. The van der Waals surface area contributed by atoms with E-state index in [1.165, 1.54) is 7.05 Å². The number of rotatable bonds is 3. The third kappa shape index (κ3) is 2.44. The van der Waals surface area contributed by atoms with Crippen molar-refractivity contribution < 1.29 is 14.4 Å². The van der Waals surface area contributed by atoms with Crippen molar-refractivity contribution in [3.63, 3.8) is 0 Å². The maximum Gasteiger partial charge on any atom is 0.263 e. The predicted octanol–water partition coefficient (Wildman–Crippen LogP) is 1.50. The van der Waals surface area contributed by atoms with E-state index in [0.717, 1.165) is 4.90 Å². The highest BCUT2D eigenvalue weighted by atomic mass is 16.2. The fraction of sp³-hybridized carbons (Fsp3) is 0.118. The predicted molar refractivity (Wildman–Crippen MR) is 86.2 cm³/mol. The molecular formula is C17H15N3O3. The van der Waals surface area contributed by atoms with Crippen LogP contribution in [0.2, 0.25) is 0 Å². The summed E-state index contributed by atoms with van der Waals surface area (Å²) < 4.78 is 0. The van der Waals surface area contributed by atoms with Gasteiger partial charge in [0.05, 0.1) is 11.1 Å². The highest BCUT2D eigenvalue weighted by Crippen LogP contribution is 2.28. The summed E-state index contributed by atoms with van der Waals surface area (Å²) in [6.07, 6.45) is 0.0899. The van der Waals surface area contributed by atoms with Crippen LogP contribution in [0.25, 0.3) is 0 Å². The van der Waals surface area contributed by atoms with Gasteiger partial charge < -0.3 is 11.5 Å². The van der Waals surface area contributed by atoms with Gasteiger partial charge in [-0.25, -0.2) is 0 Å². The molecule has 0 unspecified atom stereocenters. The van der Waals surface area contributed by atoms with Crippen LogP contribution in [0, 0.1) is 0 Å². The maximum atomic E-state index is 12.3. The number of ketones is 1. The van der Waals surface area contributed by atoms with Gasteiger partial charge in [-0.2, -0.15) is 0 Å². The molecule has 1 aliphatic rings. The molecule has 6 heteroatoms. The average Bonchev–Trinajstić information content (AvgIpc) is 2.73. The largest absolute Gasteiger partial charge is 0.399 e. The van der Waals surface area contributed by atoms with Crippen LogP contribution in [0.15, 0.2) is 36.4 Å². The second-order valence-electron chi connectivity index (χ2n) is 5.50. The molecule has 23 heavy (non-hydrogen) atoms. The van der Waals surface area contributed by atoms with Crippen molar-refractivity contribution >= 4 is 29.0 Å². The number of benzene rings is 2. The topological polar surface area (TPSA) is 106 Å². The van der Waals surface area contributed by atoms with Gasteiger partial charge in [0.15, 0.2) is 5.78 Å². The quantitative estimate of drug-likeness (QED) is 0.507. The van der Waals surface area contributed by atoms with Gasteiger partial charge in [0.25, 0.3) is 11.8 Å². The Morgan fingerprint density at radius 3 is 2.35 bits per heavy atom. The van der Waals surface area contributed by atoms with Gasteiger partial charge in [0, 0.05) is 30.4 Å². The van der Waals surface area contributed by atoms with Gasteiger partial charge in [-0.1, -0.05) is 0 Å². The maximum absolute atomic E-state index is 12.3. The standard InChI is InChI=1S/C17H15N3O3/c1-20-16(22)12-6-9(7-13(19)15(12)17(20)23)8-14(21)10-2-4-11(18)5-3-10/h2-7H,8,18-19H2,1H3. The smallest absolute Gasteiger partial charge is 0.263 e. The molecule has 0 bridgehead atoms. The Kier molecular flexibility index (Phi) is 3.37. The summed E-state index contributed by atoms with van der Waals surface area (Å²) in [5, 5.41) is 0.